The lowest BCUT2D eigenvalue weighted by Crippen LogP contribution is -2.73. The molecule has 2 amide bonds. The third-order valence-electron chi connectivity index (χ3n) is 4.19. The minimum Gasteiger partial charge on any atom is -0.393 e. The van der Waals surface area contributed by atoms with Crippen LogP contribution in [0.2, 0.25) is 0 Å². The van der Waals surface area contributed by atoms with Crippen molar-refractivity contribution >= 4 is 11.8 Å². The molecule has 2 saturated heterocycles. The average molecular weight is 240 g/mol. The van der Waals surface area contributed by atoms with Gasteiger partial charge < -0.3 is 15.3 Å². The van der Waals surface area contributed by atoms with Crippen molar-refractivity contribution in [3.8, 4) is 0 Å². The van der Waals surface area contributed by atoms with Crippen molar-refractivity contribution in [1.82, 2.24) is 10.2 Å². The maximum atomic E-state index is 12.3. The number of amides is 2. The lowest BCUT2D eigenvalue weighted by molar-refractivity contribution is -0.157. The van der Waals surface area contributed by atoms with Gasteiger partial charge in [-0.1, -0.05) is 6.92 Å². The molecule has 0 aromatic heterocycles. The molecule has 0 bridgehead atoms. The zero-order valence-corrected chi connectivity index (χ0v) is 10.6. The Morgan fingerprint density at radius 3 is 2.65 bits per heavy atom. The minimum absolute atomic E-state index is 0.0482. The zero-order valence-electron chi connectivity index (χ0n) is 10.6. The van der Waals surface area contributed by atoms with Crippen LogP contribution in [0.15, 0.2) is 0 Å². The zero-order chi connectivity index (χ0) is 12.8. The Morgan fingerprint density at radius 1 is 1.59 bits per heavy atom. The van der Waals surface area contributed by atoms with Crippen LogP contribution in [0.25, 0.3) is 0 Å². The predicted octanol–water partition coefficient (Wildman–Crippen LogP) is -0.117. The van der Waals surface area contributed by atoms with Gasteiger partial charge in [0.1, 0.15) is 5.54 Å². The average Bonchev–Trinajstić information content (AvgIpc) is 2.65. The second-order valence-corrected chi connectivity index (χ2v) is 5.34. The molecule has 2 fully saturated rings. The van der Waals surface area contributed by atoms with E-state index in [1.165, 1.54) is 0 Å². The van der Waals surface area contributed by atoms with Crippen molar-refractivity contribution in [1.29, 1.82) is 0 Å². The van der Waals surface area contributed by atoms with Gasteiger partial charge in [-0.15, -0.1) is 0 Å². The highest BCUT2D eigenvalue weighted by atomic mass is 16.3. The first-order valence-electron chi connectivity index (χ1n) is 6.19. The molecule has 0 radical (unpaired) electrons. The third kappa shape index (κ3) is 1.64. The number of carbonyl (C=O) groups is 2. The van der Waals surface area contributed by atoms with E-state index in [1.54, 1.807) is 18.7 Å². The van der Waals surface area contributed by atoms with Crippen molar-refractivity contribution in [2.75, 3.05) is 6.54 Å². The Kier molecular flexibility index (Phi) is 2.89. The maximum absolute atomic E-state index is 12.3. The summed E-state index contributed by atoms with van der Waals surface area (Å²) >= 11 is 0. The minimum atomic E-state index is -0.685. The van der Waals surface area contributed by atoms with Gasteiger partial charge in [-0.05, 0) is 26.7 Å². The van der Waals surface area contributed by atoms with Gasteiger partial charge in [-0.2, -0.15) is 0 Å². The highest BCUT2D eigenvalue weighted by molar-refractivity contribution is 5.97. The molecule has 2 unspecified atom stereocenters. The standard InChI is InChI=1S/C12H20N2O3/c1-7-4-5-12(6-13-11(12)17)14(7)10(16)8(2)9(3)15/h7-9,15H,4-6H2,1-3H3,(H,13,17)/t7?,8-,9-,12?/m0/s1. The van der Waals surface area contributed by atoms with Crippen molar-refractivity contribution in [2.24, 2.45) is 5.92 Å². The highest BCUT2D eigenvalue weighted by Gasteiger charge is 2.58. The summed E-state index contributed by atoms with van der Waals surface area (Å²) in [5.74, 6) is -0.617. The van der Waals surface area contributed by atoms with Crippen LogP contribution in [0.1, 0.15) is 33.6 Å². The molecule has 0 aromatic rings. The first-order chi connectivity index (χ1) is 7.90. The van der Waals surface area contributed by atoms with Crippen molar-refractivity contribution in [3.63, 3.8) is 0 Å². The maximum Gasteiger partial charge on any atom is 0.247 e. The van der Waals surface area contributed by atoms with E-state index in [4.69, 9.17) is 0 Å². The molecule has 1 spiro atoms. The fourth-order valence-corrected chi connectivity index (χ4v) is 2.73. The van der Waals surface area contributed by atoms with Gasteiger partial charge in [-0.25, -0.2) is 0 Å². The van der Waals surface area contributed by atoms with E-state index >= 15 is 0 Å². The van der Waals surface area contributed by atoms with Crippen LogP contribution in [0.4, 0.5) is 0 Å². The molecular formula is C12H20N2O3. The SMILES string of the molecule is CC1CCC2(CNC2=O)N1C(=O)[C@@H](C)[C@H](C)O. The fraction of sp³-hybridized carbons (Fsp3) is 0.833. The number of likely N-dealkylation sites (tertiary alicyclic amines) is 1. The number of carbonyl (C=O) groups excluding carboxylic acids is 2. The number of nitrogens with zero attached hydrogens (tertiary/aromatic N) is 1. The number of hydrogen-bond acceptors (Lipinski definition) is 3. The van der Waals surface area contributed by atoms with E-state index in [9.17, 15) is 14.7 Å². The molecule has 5 heteroatoms. The molecule has 0 aliphatic carbocycles. The molecule has 2 aliphatic rings. The fourth-order valence-electron chi connectivity index (χ4n) is 2.73. The highest BCUT2D eigenvalue weighted by Crippen LogP contribution is 2.38. The number of β-lactam (4-membered cyclic amide) rings is 1. The molecular weight excluding hydrogens is 220 g/mol. The van der Waals surface area contributed by atoms with Crippen LogP contribution in [0.5, 0.6) is 0 Å². The summed E-state index contributed by atoms with van der Waals surface area (Å²) in [6, 6.07) is 0.0785. The van der Waals surface area contributed by atoms with Gasteiger partial charge >= 0.3 is 0 Å². The normalized spacial score (nSPS) is 35.4. The van der Waals surface area contributed by atoms with E-state index in [-0.39, 0.29) is 17.9 Å². The van der Waals surface area contributed by atoms with Gasteiger partial charge in [-0.3, -0.25) is 9.59 Å². The van der Waals surface area contributed by atoms with Gasteiger partial charge in [0.25, 0.3) is 0 Å². The van der Waals surface area contributed by atoms with Crippen LogP contribution < -0.4 is 5.32 Å². The second-order valence-electron chi connectivity index (χ2n) is 5.34. The van der Waals surface area contributed by atoms with E-state index < -0.39 is 17.6 Å². The van der Waals surface area contributed by atoms with Crippen LogP contribution in [0, 0.1) is 5.92 Å². The number of rotatable bonds is 2. The third-order valence-corrected chi connectivity index (χ3v) is 4.19. The smallest absolute Gasteiger partial charge is 0.247 e. The molecule has 2 aliphatic heterocycles. The largest absolute Gasteiger partial charge is 0.393 e. The van der Waals surface area contributed by atoms with Crippen molar-refractivity contribution in [2.45, 2.75) is 51.3 Å². The molecule has 5 nitrogen and oxygen atoms in total. The summed E-state index contributed by atoms with van der Waals surface area (Å²) in [6.45, 7) is 5.83. The van der Waals surface area contributed by atoms with E-state index in [0.717, 1.165) is 12.8 Å². The Labute approximate surface area is 101 Å². The quantitative estimate of drug-likeness (QED) is 0.661. The predicted molar refractivity (Wildman–Crippen MR) is 62.1 cm³/mol. The summed E-state index contributed by atoms with van der Waals surface area (Å²) in [6.07, 6.45) is 0.903. The molecule has 96 valence electrons. The van der Waals surface area contributed by atoms with Crippen molar-refractivity contribution in [3.05, 3.63) is 0 Å². The first kappa shape index (κ1) is 12.4. The van der Waals surface area contributed by atoms with Crippen LogP contribution in [-0.4, -0.2) is 46.1 Å². The van der Waals surface area contributed by atoms with E-state index in [2.05, 4.69) is 5.32 Å². The number of nitrogens with one attached hydrogen (secondary N) is 1. The molecule has 0 saturated carbocycles. The summed E-state index contributed by atoms with van der Waals surface area (Å²) in [4.78, 5) is 25.8. The first-order valence-corrected chi connectivity index (χ1v) is 6.19. The van der Waals surface area contributed by atoms with Crippen LogP contribution in [0.3, 0.4) is 0 Å². The summed E-state index contributed by atoms with van der Waals surface area (Å²) in [7, 11) is 0. The van der Waals surface area contributed by atoms with Crippen LogP contribution in [-0.2, 0) is 9.59 Å². The Hall–Kier alpha value is -1.10. The molecule has 17 heavy (non-hydrogen) atoms. The lowest BCUT2D eigenvalue weighted by atomic mass is 9.87. The monoisotopic (exact) mass is 240 g/mol. The Balaban J connectivity index is 2.23. The molecule has 0 aromatic carbocycles. The van der Waals surface area contributed by atoms with Gasteiger partial charge in [0.05, 0.1) is 18.6 Å². The van der Waals surface area contributed by atoms with Gasteiger partial charge in [0.15, 0.2) is 0 Å². The molecule has 2 heterocycles. The second kappa shape index (κ2) is 3.98. The van der Waals surface area contributed by atoms with Gasteiger partial charge in [0, 0.05) is 6.04 Å². The van der Waals surface area contributed by atoms with E-state index in [1.807, 2.05) is 6.92 Å². The number of aliphatic hydroxyl groups excluding tert-OH is 1. The topological polar surface area (TPSA) is 69.6 Å². The van der Waals surface area contributed by atoms with Gasteiger partial charge in [0.2, 0.25) is 11.8 Å². The van der Waals surface area contributed by atoms with Crippen LogP contribution >= 0.6 is 0 Å². The summed E-state index contributed by atoms with van der Waals surface area (Å²) < 4.78 is 0. The Bertz CT molecular complexity index is 356. The molecule has 4 atom stereocenters. The Morgan fingerprint density at radius 2 is 2.24 bits per heavy atom. The summed E-state index contributed by atoms with van der Waals surface area (Å²) in [5, 5.41) is 12.2. The molecule has 2 rings (SSSR count). The summed E-state index contributed by atoms with van der Waals surface area (Å²) in [5.41, 5.74) is -0.625. The number of hydrogen-bond donors (Lipinski definition) is 2. The lowest BCUT2D eigenvalue weighted by Gasteiger charge is -2.46. The molecule has 2 N–H and O–H groups in total. The van der Waals surface area contributed by atoms with Crippen molar-refractivity contribution < 1.29 is 14.7 Å². The van der Waals surface area contributed by atoms with E-state index in [0.29, 0.717) is 6.54 Å². The number of aliphatic hydroxyl groups is 1.